The minimum absolute atomic E-state index is 0.00311. The summed E-state index contributed by atoms with van der Waals surface area (Å²) in [5.74, 6) is 0. The van der Waals surface area contributed by atoms with Crippen LogP contribution in [0.25, 0.3) is 58.8 Å². The van der Waals surface area contributed by atoms with E-state index >= 15 is 0 Å². The third-order valence-corrected chi connectivity index (χ3v) is 6.60. The second-order valence-corrected chi connectivity index (χ2v) is 8.35. The van der Waals surface area contributed by atoms with Gasteiger partial charge in [0.05, 0.1) is 35.7 Å². The van der Waals surface area contributed by atoms with E-state index in [-0.39, 0.29) is 36.5 Å². The van der Waals surface area contributed by atoms with Crippen LogP contribution < -0.4 is 0 Å². The Morgan fingerprint density at radius 3 is 1.91 bits per heavy atom. The number of halogens is 1. The van der Waals surface area contributed by atoms with Gasteiger partial charge in [-0.1, -0.05) is 84.1 Å². The highest BCUT2D eigenvalue weighted by atomic mass is 35.5. The molecule has 0 amide bonds. The Hall–Kier alpha value is -3.59. The second kappa shape index (κ2) is 7.21. The van der Waals surface area contributed by atoms with Crippen LogP contribution in [0.15, 0.2) is 109 Å². The summed E-state index contributed by atoms with van der Waals surface area (Å²) < 4.78 is 156. The molecule has 2 aromatic heterocycles. The van der Waals surface area contributed by atoms with Gasteiger partial charge in [0.1, 0.15) is 0 Å². The third kappa shape index (κ3) is 2.78. The van der Waals surface area contributed by atoms with Gasteiger partial charge in [-0.25, -0.2) is 0 Å². The van der Waals surface area contributed by atoms with E-state index in [1.807, 2.05) is 0 Å². The minimum atomic E-state index is -0.819. The molecule has 0 fully saturated rings. The van der Waals surface area contributed by atoms with Gasteiger partial charge in [0.2, 0.25) is 0 Å². The summed E-state index contributed by atoms with van der Waals surface area (Å²) >= 11 is 7.41. The van der Waals surface area contributed by atoms with Crippen molar-refractivity contribution in [1.29, 1.82) is 0 Å². The molecule has 0 saturated carbocycles. The summed E-state index contributed by atoms with van der Waals surface area (Å²) in [6, 6.07) is -12.0. The first-order valence-corrected chi connectivity index (χ1v) is 10.7. The van der Waals surface area contributed by atoms with E-state index in [1.54, 1.807) is 0 Å². The molecule has 0 atom stereocenters. The van der Waals surface area contributed by atoms with Gasteiger partial charge in [-0.2, -0.15) is 0 Å². The van der Waals surface area contributed by atoms with Crippen molar-refractivity contribution in [3.63, 3.8) is 0 Å². The van der Waals surface area contributed by atoms with Crippen LogP contribution in [0.1, 0.15) is 24.7 Å². The zero-order valence-electron chi connectivity index (χ0n) is 34.2. The molecule has 0 saturated heterocycles. The van der Waals surface area contributed by atoms with Crippen molar-refractivity contribution in [2.45, 2.75) is 0 Å². The lowest BCUT2D eigenvalue weighted by Crippen LogP contribution is -1.93. The third-order valence-electron chi connectivity index (χ3n) is 5.20. The highest BCUT2D eigenvalue weighted by Crippen LogP contribution is 2.43. The summed E-state index contributed by atoms with van der Waals surface area (Å²) in [6.45, 7) is 0. The maximum absolute atomic E-state index is 9.17. The SMILES string of the molecule is [2H]c1c([2H])c(-n2c3c([2H])c([2H])c([2H])c([2H])c3c3c([2H])c([2H])c([2H])c([2H])c32)c([2H])c([2H])c1-c1c(Cl)c([2H])c([2H])c2c1sc1c([2H])c([2H])c([2H])c([2H])c12. The molecule has 5 aromatic carbocycles. The van der Waals surface area contributed by atoms with Gasteiger partial charge in [-0.15, -0.1) is 11.3 Å². The van der Waals surface area contributed by atoms with Gasteiger partial charge in [0.15, 0.2) is 0 Å². The highest BCUT2D eigenvalue weighted by Gasteiger charge is 2.15. The Balaban J connectivity index is 1.70. The molecule has 0 aliphatic heterocycles. The van der Waals surface area contributed by atoms with E-state index in [0.717, 1.165) is 15.9 Å². The molecule has 1 nitrogen and oxygen atoms in total. The quantitative estimate of drug-likeness (QED) is 0.233. The topological polar surface area (TPSA) is 4.93 Å². The van der Waals surface area contributed by atoms with E-state index < -0.39 is 136 Å². The lowest BCUT2D eigenvalue weighted by Gasteiger charge is -2.11. The predicted octanol–water partition coefficient (Wildman–Crippen LogP) is 9.47. The Morgan fingerprint density at radius 1 is 0.606 bits per heavy atom. The number of aromatic nitrogens is 1. The zero-order chi connectivity index (χ0) is 37.6. The van der Waals surface area contributed by atoms with Gasteiger partial charge in [-0.05, 0) is 41.8 Å². The van der Waals surface area contributed by atoms with Crippen molar-refractivity contribution in [2.75, 3.05) is 0 Å². The van der Waals surface area contributed by atoms with Crippen LogP contribution in [0, 0.1) is 0 Å². The zero-order valence-corrected chi connectivity index (χ0v) is 17.8. The lowest BCUT2D eigenvalue weighted by atomic mass is 10.0. The molecular weight excluding hydrogens is 442 g/mol. The fourth-order valence-electron chi connectivity index (χ4n) is 3.81. The molecule has 0 N–H and O–H groups in total. The van der Waals surface area contributed by atoms with Crippen LogP contribution >= 0.6 is 22.9 Å². The number of nitrogens with zero attached hydrogens (tertiary/aromatic N) is 1. The molecule has 3 heteroatoms. The van der Waals surface area contributed by atoms with Gasteiger partial charge in [0, 0.05) is 47.2 Å². The van der Waals surface area contributed by atoms with Crippen molar-refractivity contribution in [1.82, 2.24) is 4.57 Å². The van der Waals surface area contributed by atoms with Crippen LogP contribution in [0.3, 0.4) is 0 Å². The van der Waals surface area contributed by atoms with E-state index in [4.69, 9.17) is 36.3 Å². The lowest BCUT2D eigenvalue weighted by molar-refractivity contribution is 1.18. The molecule has 0 aliphatic carbocycles. The molecule has 0 spiro atoms. The van der Waals surface area contributed by atoms with Crippen LogP contribution in [0.4, 0.5) is 0 Å². The maximum Gasteiger partial charge on any atom is 0.0645 e. The molecule has 33 heavy (non-hydrogen) atoms. The van der Waals surface area contributed by atoms with Gasteiger partial charge in [0.25, 0.3) is 0 Å². The Labute approximate surface area is 225 Å². The van der Waals surface area contributed by atoms with Crippen molar-refractivity contribution in [3.05, 3.63) is 114 Å². The monoisotopic (exact) mass is 477 g/mol. The fourth-order valence-corrected chi connectivity index (χ4v) is 5.22. The largest absolute Gasteiger partial charge is 0.309 e. The van der Waals surface area contributed by atoms with E-state index in [2.05, 4.69) is 0 Å². The van der Waals surface area contributed by atoms with E-state index in [0.29, 0.717) is 0 Å². The summed E-state index contributed by atoms with van der Waals surface area (Å²) in [6.07, 6.45) is 0. The molecule has 0 aliphatic rings. The Morgan fingerprint density at radius 2 is 1.21 bits per heavy atom. The van der Waals surface area contributed by atoms with Crippen molar-refractivity contribution < 1.29 is 24.7 Å². The number of benzene rings is 5. The number of hydrogen-bond acceptors (Lipinski definition) is 1. The second-order valence-electron chi connectivity index (χ2n) is 6.96. The van der Waals surface area contributed by atoms with Crippen molar-refractivity contribution >= 4 is 64.9 Å². The van der Waals surface area contributed by atoms with Crippen LogP contribution in [-0.4, -0.2) is 4.57 Å². The summed E-state index contributed by atoms with van der Waals surface area (Å²) in [5.41, 5.74) is -2.17. The molecule has 7 aromatic rings. The van der Waals surface area contributed by atoms with Gasteiger partial charge in [-0.3, -0.25) is 0 Å². The maximum atomic E-state index is 9.17. The smallest absolute Gasteiger partial charge is 0.0645 e. The number of para-hydroxylation sites is 2. The molecule has 0 unspecified atom stereocenters. The molecular formula is C30H18ClNS. The Kier molecular flexibility index (Phi) is 1.82. The number of hydrogen-bond donors (Lipinski definition) is 0. The molecule has 156 valence electrons. The average molecular weight is 478 g/mol. The van der Waals surface area contributed by atoms with Crippen LogP contribution in [-0.2, 0) is 0 Å². The average Bonchev–Trinajstić information content (AvgIpc) is 3.67. The normalized spacial score (nSPS) is 19.4. The standard InChI is InChI=1S/C30H18ClNS/c31-25-18-17-24-23-9-3-6-12-28(23)33-30(24)29(25)19-13-15-20(16-14-19)32-26-10-4-1-7-21(26)22-8-2-5-11-27(22)32/h1-18H/i1D,2D,3D,4D,5D,6D,7D,8D,9D,10D,11D,12D,13D,14D,15D,16D,17D,18D. The van der Waals surface area contributed by atoms with Crippen LogP contribution in [0.2, 0.25) is 5.02 Å². The Bertz CT molecular complexity index is 2700. The predicted molar refractivity (Wildman–Crippen MR) is 144 cm³/mol. The number of thiophene rings is 1. The van der Waals surface area contributed by atoms with Gasteiger partial charge >= 0.3 is 0 Å². The summed E-state index contributed by atoms with van der Waals surface area (Å²) in [4.78, 5) is 0. The van der Waals surface area contributed by atoms with E-state index in [1.165, 1.54) is 0 Å². The van der Waals surface area contributed by atoms with Gasteiger partial charge < -0.3 is 4.57 Å². The number of rotatable bonds is 2. The minimum Gasteiger partial charge on any atom is -0.309 e. The first-order chi connectivity index (χ1) is 23.8. The fraction of sp³-hybridized carbons (Fsp3) is 0. The first-order valence-electron chi connectivity index (χ1n) is 18.5. The van der Waals surface area contributed by atoms with E-state index in [9.17, 15) is 0 Å². The summed E-state index contributed by atoms with van der Waals surface area (Å²) in [5, 5.41) is -1.31. The summed E-state index contributed by atoms with van der Waals surface area (Å²) in [7, 11) is 0. The molecule has 7 rings (SSSR count). The molecule has 2 heterocycles. The van der Waals surface area contributed by atoms with Crippen molar-refractivity contribution in [3.8, 4) is 16.8 Å². The number of fused-ring (bicyclic) bond motifs is 6. The van der Waals surface area contributed by atoms with Crippen molar-refractivity contribution in [2.24, 2.45) is 0 Å². The molecule has 0 radical (unpaired) electrons. The highest BCUT2D eigenvalue weighted by molar-refractivity contribution is 7.26. The van der Waals surface area contributed by atoms with Crippen LogP contribution in [0.5, 0.6) is 0 Å². The molecule has 0 bridgehead atoms. The first kappa shape index (κ1) is 8.32.